The number of aryl methyl sites for hydroxylation is 1. The second-order valence-corrected chi connectivity index (χ2v) is 5.97. The lowest BCUT2D eigenvalue weighted by molar-refractivity contribution is -0.116. The van der Waals surface area contributed by atoms with Crippen molar-refractivity contribution in [3.05, 3.63) is 71.8 Å². The zero-order valence-electron chi connectivity index (χ0n) is 14.3. The molecule has 4 nitrogen and oxygen atoms in total. The van der Waals surface area contributed by atoms with Crippen molar-refractivity contribution in [1.29, 1.82) is 0 Å². The SMILES string of the molecule is O=C(CC/C=C/c1ccccc1)Nc1ccc(CCCC(O)O)cc1. The van der Waals surface area contributed by atoms with E-state index in [4.69, 9.17) is 10.2 Å². The molecule has 2 aromatic carbocycles. The van der Waals surface area contributed by atoms with Crippen LogP contribution < -0.4 is 5.32 Å². The number of aliphatic hydroxyl groups is 2. The second kappa shape index (κ2) is 10.4. The maximum absolute atomic E-state index is 12.0. The Morgan fingerprint density at radius 2 is 1.76 bits per heavy atom. The Bertz CT molecular complexity index is 663. The van der Waals surface area contributed by atoms with Gasteiger partial charge in [-0.15, -0.1) is 0 Å². The maximum Gasteiger partial charge on any atom is 0.224 e. The number of hydrogen-bond acceptors (Lipinski definition) is 3. The molecule has 0 unspecified atom stereocenters. The van der Waals surface area contributed by atoms with Gasteiger partial charge in [0.05, 0.1) is 0 Å². The van der Waals surface area contributed by atoms with Gasteiger partial charge in [0.15, 0.2) is 6.29 Å². The van der Waals surface area contributed by atoms with Gasteiger partial charge in [0.25, 0.3) is 0 Å². The van der Waals surface area contributed by atoms with Gasteiger partial charge in [0, 0.05) is 12.1 Å². The van der Waals surface area contributed by atoms with Crippen molar-refractivity contribution in [2.75, 3.05) is 5.32 Å². The van der Waals surface area contributed by atoms with Crippen molar-refractivity contribution in [1.82, 2.24) is 0 Å². The van der Waals surface area contributed by atoms with Gasteiger partial charge >= 0.3 is 0 Å². The van der Waals surface area contributed by atoms with Gasteiger partial charge in [-0.05, 0) is 48.9 Å². The minimum Gasteiger partial charge on any atom is -0.368 e. The minimum atomic E-state index is -1.24. The van der Waals surface area contributed by atoms with Gasteiger partial charge in [0.1, 0.15) is 0 Å². The lowest BCUT2D eigenvalue weighted by Gasteiger charge is -2.07. The normalized spacial score (nSPS) is 11.2. The van der Waals surface area contributed by atoms with Crippen molar-refractivity contribution in [2.24, 2.45) is 0 Å². The first-order valence-corrected chi connectivity index (χ1v) is 8.60. The smallest absolute Gasteiger partial charge is 0.224 e. The molecule has 132 valence electrons. The molecule has 0 aromatic heterocycles. The van der Waals surface area contributed by atoms with E-state index in [-0.39, 0.29) is 5.91 Å². The topological polar surface area (TPSA) is 69.6 Å². The third-order valence-corrected chi connectivity index (χ3v) is 3.81. The molecule has 0 fully saturated rings. The first-order valence-electron chi connectivity index (χ1n) is 8.60. The third kappa shape index (κ3) is 7.79. The Kier molecular flexibility index (Phi) is 7.89. The van der Waals surface area contributed by atoms with Crippen LogP contribution in [0, 0.1) is 0 Å². The molecule has 1 amide bonds. The zero-order valence-corrected chi connectivity index (χ0v) is 14.3. The third-order valence-electron chi connectivity index (χ3n) is 3.81. The number of allylic oxidation sites excluding steroid dienone is 1. The van der Waals surface area contributed by atoms with E-state index in [0.717, 1.165) is 29.7 Å². The lowest BCUT2D eigenvalue weighted by Crippen LogP contribution is -2.10. The van der Waals surface area contributed by atoms with Crippen LogP contribution in [0.5, 0.6) is 0 Å². The minimum absolute atomic E-state index is 0.00568. The number of anilines is 1. The second-order valence-electron chi connectivity index (χ2n) is 5.97. The van der Waals surface area contributed by atoms with E-state index in [1.807, 2.05) is 66.7 Å². The summed E-state index contributed by atoms with van der Waals surface area (Å²) in [6, 6.07) is 17.7. The first kappa shape index (κ1) is 18.9. The van der Waals surface area contributed by atoms with E-state index in [2.05, 4.69) is 5.32 Å². The molecule has 25 heavy (non-hydrogen) atoms. The molecule has 0 aliphatic rings. The van der Waals surface area contributed by atoms with E-state index in [1.165, 1.54) is 0 Å². The predicted molar refractivity (Wildman–Crippen MR) is 101 cm³/mol. The van der Waals surface area contributed by atoms with Gasteiger partial charge in [-0.2, -0.15) is 0 Å². The largest absolute Gasteiger partial charge is 0.368 e. The molecular weight excluding hydrogens is 314 g/mol. The summed E-state index contributed by atoms with van der Waals surface area (Å²) in [5.74, 6) is -0.00568. The van der Waals surface area contributed by atoms with Crippen molar-refractivity contribution in [3.8, 4) is 0 Å². The van der Waals surface area contributed by atoms with E-state index in [1.54, 1.807) is 0 Å². The average Bonchev–Trinajstić information content (AvgIpc) is 2.61. The van der Waals surface area contributed by atoms with Crippen LogP contribution in [-0.4, -0.2) is 22.4 Å². The molecule has 2 aromatic rings. The van der Waals surface area contributed by atoms with Crippen LogP contribution in [0.3, 0.4) is 0 Å². The van der Waals surface area contributed by atoms with E-state index in [9.17, 15) is 4.79 Å². The fourth-order valence-electron chi connectivity index (χ4n) is 2.46. The van der Waals surface area contributed by atoms with E-state index in [0.29, 0.717) is 19.3 Å². The van der Waals surface area contributed by atoms with Crippen LogP contribution in [0.1, 0.15) is 36.8 Å². The summed E-state index contributed by atoms with van der Waals surface area (Å²) in [6.45, 7) is 0. The van der Waals surface area contributed by atoms with Crippen molar-refractivity contribution in [3.63, 3.8) is 0 Å². The molecule has 0 radical (unpaired) electrons. The van der Waals surface area contributed by atoms with Crippen LogP contribution in [0.25, 0.3) is 6.08 Å². The number of benzene rings is 2. The number of rotatable bonds is 9. The standard InChI is InChI=1S/C21H25NO3/c23-20(11-5-4-9-17-7-2-1-3-8-17)22-19-15-13-18(14-16-19)10-6-12-21(24)25/h1-4,7-9,13-16,21,24-25H,5-6,10-12H2,(H,22,23)/b9-4+. The summed E-state index contributed by atoms with van der Waals surface area (Å²) < 4.78 is 0. The molecule has 0 atom stereocenters. The Balaban J connectivity index is 1.70. The predicted octanol–water partition coefficient (Wildman–Crippen LogP) is 3.75. The molecule has 3 N–H and O–H groups in total. The molecular formula is C21H25NO3. The molecule has 0 heterocycles. The zero-order chi connectivity index (χ0) is 17.9. The number of carbonyl (C=O) groups is 1. The molecule has 0 aliphatic carbocycles. The van der Waals surface area contributed by atoms with E-state index < -0.39 is 6.29 Å². The van der Waals surface area contributed by atoms with Crippen LogP contribution in [0.2, 0.25) is 0 Å². The Hall–Kier alpha value is -2.43. The number of hydrogen-bond donors (Lipinski definition) is 3. The van der Waals surface area contributed by atoms with Gasteiger partial charge in [-0.3, -0.25) is 4.79 Å². The number of aliphatic hydroxyl groups excluding tert-OH is 1. The highest BCUT2D eigenvalue weighted by Gasteiger charge is 2.02. The fraction of sp³-hybridized carbons (Fsp3) is 0.286. The lowest BCUT2D eigenvalue weighted by atomic mass is 10.1. The highest BCUT2D eigenvalue weighted by molar-refractivity contribution is 5.90. The molecule has 0 saturated heterocycles. The molecule has 4 heteroatoms. The molecule has 2 rings (SSSR count). The van der Waals surface area contributed by atoms with Gasteiger partial charge in [-0.1, -0.05) is 54.6 Å². The number of nitrogens with one attached hydrogen (secondary N) is 1. The Labute approximate surface area is 148 Å². The summed E-state index contributed by atoms with van der Waals surface area (Å²) in [5, 5.41) is 20.6. The Morgan fingerprint density at radius 1 is 1.04 bits per heavy atom. The molecule has 0 aliphatic heterocycles. The van der Waals surface area contributed by atoms with Crippen molar-refractivity contribution in [2.45, 2.75) is 38.4 Å². The summed E-state index contributed by atoms with van der Waals surface area (Å²) in [6.07, 6.45) is 5.80. The Morgan fingerprint density at radius 3 is 2.44 bits per heavy atom. The highest BCUT2D eigenvalue weighted by Crippen LogP contribution is 2.13. The van der Waals surface area contributed by atoms with Crippen LogP contribution in [0.4, 0.5) is 5.69 Å². The summed E-state index contributed by atoms with van der Waals surface area (Å²) in [5.41, 5.74) is 3.03. The maximum atomic E-state index is 12.0. The van der Waals surface area contributed by atoms with Gasteiger partial charge in [0.2, 0.25) is 5.91 Å². The van der Waals surface area contributed by atoms with Crippen molar-refractivity contribution < 1.29 is 15.0 Å². The van der Waals surface area contributed by atoms with Gasteiger partial charge in [-0.25, -0.2) is 0 Å². The molecule has 0 saturated carbocycles. The van der Waals surface area contributed by atoms with Gasteiger partial charge < -0.3 is 15.5 Å². The highest BCUT2D eigenvalue weighted by atomic mass is 16.5. The fourth-order valence-corrected chi connectivity index (χ4v) is 2.46. The first-order chi connectivity index (χ1) is 12.1. The number of carbonyl (C=O) groups excluding carboxylic acids is 1. The summed E-state index contributed by atoms with van der Waals surface area (Å²) in [7, 11) is 0. The summed E-state index contributed by atoms with van der Waals surface area (Å²) >= 11 is 0. The van der Waals surface area contributed by atoms with Crippen LogP contribution in [-0.2, 0) is 11.2 Å². The van der Waals surface area contributed by atoms with Crippen molar-refractivity contribution >= 4 is 17.7 Å². The quantitative estimate of drug-likeness (QED) is 0.609. The van der Waals surface area contributed by atoms with Crippen LogP contribution in [0.15, 0.2) is 60.7 Å². The summed E-state index contributed by atoms with van der Waals surface area (Å²) in [4.78, 5) is 12.0. The number of amides is 1. The van der Waals surface area contributed by atoms with Crippen LogP contribution >= 0.6 is 0 Å². The average molecular weight is 339 g/mol. The van der Waals surface area contributed by atoms with E-state index >= 15 is 0 Å². The molecule has 0 spiro atoms. The monoisotopic (exact) mass is 339 g/mol. The molecule has 0 bridgehead atoms.